The summed E-state index contributed by atoms with van der Waals surface area (Å²) in [5, 5.41) is 11.1. The number of likely N-dealkylation sites (tertiary alicyclic amines) is 1. The predicted molar refractivity (Wildman–Crippen MR) is 68.5 cm³/mol. The van der Waals surface area contributed by atoms with Gasteiger partial charge in [-0.1, -0.05) is 0 Å². The van der Waals surface area contributed by atoms with Crippen molar-refractivity contribution in [3.05, 3.63) is 0 Å². The minimum atomic E-state index is -0.895. The number of carbonyl (C=O) groups is 2. The molecule has 0 aromatic rings. The molecule has 0 saturated carbocycles. The van der Waals surface area contributed by atoms with Crippen molar-refractivity contribution in [1.82, 2.24) is 15.1 Å². The van der Waals surface area contributed by atoms with E-state index >= 15 is 0 Å². The van der Waals surface area contributed by atoms with Gasteiger partial charge in [-0.25, -0.2) is 4.79 Å². The molecular formula is C12H23N3O3. The van der Waals surface area contributed by atoms with Crippen LogP contribution < -0.4 is 5.32 Å². The summed E-state index contributed by atoms with van der Waals surface area (Å²) >= 11 is 0. The van der Waals surface area contributed by atoms with Gasteiger partial charge in [0.05, 0.1) is 6.42 Å². The number of hydrogen-bond acceptors (Lipinski definition) is 3. The Morgan fingerprint density at radius 1 is 1.39 bits per heavy atom. The van der Waals surface area contributed by atoms with Crippen LogP contribution in [0.3, 0.4) is 0 Å². The Morgan fingerprint density at radius 3 is 2.56 bits per heavy atom. The molecule has 1 fully saturated rings. The number of amides is 2. The average molecular weight is 257 g/mol. The van der Waals surface area contributed by atoms with Crippen molar-refractivity contribution in [2.24, 2.45) is 5.92 Å². The van der Waals surface area contributed by atoms with E-state index < -0.39 is 5.97 Å². The van der Waals surface area contributed by atoms with E-state index in [1.807, 2.05) is 0 Å². The molecule has 1 aliphatic heterocycles. The number of carboxylic acid groups (broad SMARTS) is 1. The molecule has 0 aliphatic carbocycles. The van der Waals surface area contributed by atoms with Crippen LogP contribution in [0, 0.1) is 5.92 Å². The molecule has 1 rings (SSSR count). The number of urea groups is 1. The molecule has 18 heavy (non-hydrogen) atoms. The van der Waals surface area contributed by atoms with E-state index in [0.717, 1.165) is 32.5 Å². The maximum absolute atomic E-state index is 11.7. The van der Waals surface area contributed by atoms with Crippen LogP contribution >= 0.6 is 0 Å². The lowest BCUT2D eigenvalue weighted by atomic mass is 9.97. The van der Waals surface area contributed by atoms with E-state index in [4.69, 9.17) is 5.11 Å². The Bertz CT molecular complexity index is 288. The standard InChI is InChI=1S/C12H23N3O3/c1-14-7-4-10(5-8-14)9-15(2)12(18)13-6-3-11(16)17/h10H,3-9H2,1-2H3,(H,13,18)(H,16,17). The second-order valence-corrected chi connectivity index (χ2v) is 5.00. The van der Waals surface area contributed by atoms with Crippen LogP contribution in [0.15, 0.2) is 0 Å². The van der Waals surface area contributed by atoms with E-state index in [-0.39, 0.29) is 19.0 Å². The number of nitrogens with one attached hydrogen (secondary N) is 1. The largest absolute Gasteiger partial charge is 0.481 e. The molecule has 6 heteroatoms. The van der Waals surface area contributed by atoms with Crippen LogP contribution in [-0.4, -0.2) is 67.2 Å². The smallest absolute Gasteiger partial charge is 0.317 e. The molecule has 0 aromatic heterocycles. The zero-order valence-electron chi connectivity index (χ0n) is 11.2. The van der Waals surface area contributed by atoms with Gasteiger partial charge in [0, 0.05) is 20.1 Å². The van der Waals surface area contributed by atoms with Crippen LogP contribution in [0.4, 0.5) is 4.79 Å². The quantitative estimate of drug-likeness (QED) is 0.750. The summed E-state index contributed by atoms with van der Waals surface area (Å²) in [7, 11) is 3.87. The number of piperidine rings is 1. The molecule has 0 unspecified atom stereocenters. The highest BCUT2D eigenvalue weighted by molar-refractivity contribution is 5.74. The van der Waals surface area contributed by atoms with Crippen molar-refractivity contribution in [3.8, 4) is 0 Å². The van der Waals surface area contributed by atoms with E-state index in [1.54, 1.807) is 11.9 Å². The third kappa shape index (κ3) is 5.35. The molecule has 0 radical (unpaired) electrons. The topological polar surface area (TPSA) is 72.9 Å². The third-order valence-electron chi connectivity index (χ3n) is 3.33. The van der Waals surface area contributed by atoms with Crippen molar-refractivity contribution in [1.29, 1.82) is 0 Å². The lowest BCUT2D eigenvalue weighted by Crippen LogP contribution is -2.42. The summed E-state index contributed by atoms with van der Waals surface area (Å²) in [4.78, 5) is 25.9. The Morgan fingerprint density at radius 2 is 2.00 bits per heavy atom. The van der Waals surface area contributed by atoms with Crippen LogP contribution in [0.1, 0.15) is 19.3 Å². The minimum absolute atomic E-state index is 0.0339. The summed E-state index contributed by atoms with van der Waals surface area (Å²) < 4.78 is 0. The number of rotatable bonds is 5. The lowest BCUT2D eigenvalue weighted by Gasteiger charge is -2.31. The summed E-state index contributed by atoms with van der Waals surface area (Å²) in [6, 6.07) is -0.185. The molecule has 0 atom stereocenters. The van der Waals surface area contributed by atoms with Crippen molar-refractivity contribution < 1.29 is 14.7 Å². The number of carboxylic acids is 1. The fraction of sp³-hybridized carbons (Fsp3) is 0.833. The van der Waals surface area contributed by atoms with Crippen LogP contribution in [0.5, 0.6) is 0 Å². The van der Waals surface area contributed by atoms with Crippen molar-refractivity contribution in [2.45, 2.75) is 19.3 Å². The van der Waals surface area contributed by atoms with Gasteiger partial charge in [0.15, 0.2) is 0 Å². The molecule has 1 heterocycles. The first-order chi connectivity index (χ1) is 8.49. The fourth-order valence-corrected chi connectivity index (χ4v) is 2.13. The van der Waals surface area contributed by atoms with Crippen molar-refractivity contribution >= 4 is 12.0 Å². The van der Waals surface area contributed by atoms with E-state index in [0.29, 0.717) is 5.92 Å². The van der Waals surface area contributed by atoms with E-state index in [1.165, 1.54) is 0 Å². The first-order valence-electron chi connectivity index (χ1n) is 6.38. The summed E-state index contributed by atoms with van der Waals surface area (Å²) in [5.41, 5.74) is 0. The highest BCUT2D eigenvalue weighted by Gasteiger charge is 2.20. The van der Waals surface area contributed by atoms with Crippen LogP contribution in [0.2, 0.25) is 0 Å². The molecular weight excluding hydrogens is 234 g/mol. The molecule has 1 aliphatic rings. The first-order valence-corrected chi connectivity index (χ1v) is 6.38. The Hall–Kier alpha value is -1.30. The average Bonchev–Trinajstić information content (AvgIpc) is 2.31. The Labute approximate surface area is 108 Å². The predicted octanol–water partition coefficient (Wildman–Crippen LogP) is 0.444. The zero-order valence-corrected chi connectivity index (χ0v) is 11.2. The SMILES string of the molecule is CN1CCC(CN(C)C(=O)NCCC(=O)O)CC1. The summed E-state index contributed by atoms with van der Waals surface area (Å²) in [6.07, 6.45) is 2.19. The molecule has 2 amide bonds. The van der Waals surface area contributed by atoms with Gasteiger partial charge in [0.2, 0.25) is 0 Å². The Kier molecular flexibility index (Phi) is 5.91. The van der Waals surface area contributed by atoms with E-state index in [2.05, 4.69) is 17.3 Å². The maximum Gasteiger partial charge on any atom is 0.317 e. The number of hydrogen-bond donors (Lipinski definition) is 2. The summed E-state index contributed by atoms with van der Waals surface area (Å²) in [6.45, 7) is 3.09. The molecule has 0 aromatic carbocycles. The molecule has 1 saturated heterocycles. The van der Waals surface area contributed by atoms with Gasteiger partial charge in [-0.05, 0) is 38.9 Å². The normalized spacial score (nSPS) is 17.4. The van der Waals surface area contributed by atoms with Gasteiger partial charge in [0.25, 0.3) is 0 Å². The Balaban J connectivity index is 2.20. The molecule has 2 N–H and O–H groups in total. The van der Waals surface area contributed by atoms with Crippen LogP contribution in [-0.2, 0) is 4.79 Å². The van der Waals surface area contributed by atoms with E-state index in [9.17, 15) is 9.59 Å². The minimum Gasteiger partial charge on any atom is -0.481 e. The molecule has 104 valence electrons. The van der Waals surface area contributed by atoms with Gasteiger partial charge >= 0.3 is 12.0 Å². The van der Waals surface area contributed by atoms with Crippen LogP contribution in [0.25, 0.3) is 0 Å². The summed E-state index contributed by atoms with van der Waals surface area (Å²) in [5.74, 6) is -0.343. The second kappa shape index (κ2) is 7.20. The highest BCUT2D eigenvalue weighted by Crippen LogP contribution is 2.16. The third-order valence-corrected chi connectivity index (χ3v) is 3.33. The molecule has 0 spiro atoms. The monoisotopic (exact) mass is 257 g/mol. The highest BCUT2D eigenvalue weighted by atomic mass is 16.4. The number of aliphatic carboxylic acids is 1. The van der Waals surface area contributed by atoms with Gasteiger partial charge in [-0.3, -0.25) is 4.79 Å². The van der Waals surface area contributed by atoms with Crippen molar-refractivity contribution in [2.75, 3.05) is 40.3 Å². The maximum atomic E-state index is 11.7. The first kappa shape index (κ1) is 14.8. The lowest BCUT2D eigenvalue weighted by molar-refractivity contribution is -0.136. The number of nitrogens with zero attached hydrogens (tertiary/aromatic N) is 2. The van der Waals surface area contributed by atoms with Gasteiger partial charge in [0.1, 0.15) is 0 Å². The van der Waals surface area contributed by atoms with Gasteiger partial charge < -0.3 is 20.2 Å². The molecule has 0 bridgehead atoms. The van der Waals surface area contributed by atoms with Gasteiger partial charge in [-0.15, -0.1) is 0 Å². The zero-order chi connectivity index (χ0) is 13.5. The van der Waals surface area contributed by atoms with Gasteiger partial charge in [-0.2, -0.15) is 0 Å². The number of carbonyl (C=O) groups excluding carboxylic acids is 1. The molecule has 6 nitrogen and oxygen atoms in total. The van der Waals surface area contributed by atoms with Crippen molar-refractivity contribution in [3.63, 3.8) is 0 Å². The fourth-order valence-electron chi connectivity index (χ4n) is 2.13. The second-order valence-electron chi connectivity index (χ2n) is 5.00.